The summed E-state index contributed by atoms with van der Waals surface area (Å²) < 4.78 is 87.9. The number of rotatable bonds is 6. The first-order valence-electron chi connectivity index (χ1n) is 9.27. The normalized spacial score (nSPS) is 16.7. The summed E-state index contributed by atoms with van der Waals surface area (Å²) in [5.41, 5.74) is -0.294. The minimum Gasteiger partial charge on any atom is -0.378 e. The Morgan fingerprint density at radius 1 is 1.20 bits per heavy atom. The first-order chi connectivity index (χ1) is 14.2. The zero-order chi connectivity index (χ0) is 21.9. The van der Waals surface area contributed by atoms with Crippen LogP contribution in [0.25, 0.3) is 0 Å². The first-order valence-corrected chi connectivity index (χ1v) is 10.7. The molecule has 11 heteroatoms. The molecule has 0 aliphatic carbocycles. The first kappa shape index (κ1) is 22.4. The topological polar surface area (TPSA) is 62.7 Å². The number of pyridine rings is 1. The molecule has 1 aromatic heterocycles. The van der Waals surface area contributed by atoms with E-state index in [0.29, 0.717) is 32.0 Å². The third kappa shape index (κ3) is 4.57. The van der Waals surface area contributed by atoms with E-state index in [1.807, 2.05) is 4.90 Å². The molecule has 2 aromatic rings. The van der Waals surface area contributed by atoms with Crippen molar-refractivity contribution in [1.29, 1.82) is 0 Å². The van der Waals surface area contributed by atoms with E-state index < -0.39 is 40.2 Å². The third-order valence-corrected chi connectivity index (χ3v) is 6.70. The fraction of sp³-hybridized carbons (Fsp3) is 0.421. The summed E-state index contributed by atoms with van der Waals surface area (Å²) in [4.78, 5) is 5.36. The summed E-state index contributed by atoms with van der Waals surface area (Å²) in [5, 5.41) is 0. The van der Waals surface area contributed by atoms with Crippen LogP contribution >= 0.6 is 0 Å². The largest absolute Gasteiger partial charge is 0.409 e. The second-order valence-corrected chi connectivity index (χ2v) is 8.54. The lowest BCUT2D eigenvalue weighted by atomic mass is 10.1. The van der Waals surface area contributed by atoms with Crippen LogP contribution in [0.1, 0.15) is 18.5 Å². The molecule has 30 heavy (non-hydrogen) atoms. The molecule has 0 spiro atoms. The maximum Gasteiger partial charge on any atom is 0.409 e. The van der Waals surface area contributed by atoms with Crippen molar-refractivity contribution in [1.82, 2.24) is 9.29 Å². The van der Waals surface area contributed by atoms with Gasteiger partial charge in [0, 0.05) is 31.4 Å². The lowest BCUT2D eigenvalue weighted by molar-refractivity contribution is -0.174. The maximum absolute atomic E-state index is 14.2. The van der Waals surface area contributed by atoms with E-state index in [1.54, 1.807) is 0 Å². The SMILES string of the molecule is CCN([C@H](c1ccccc1F)C(F)(F)F)S(=O)(=O)c1cncc(N2CCOCC2)c1. The highest BCUT2D eigenvalue weighted by Crippen LogP contribution is 2.41. The number of aromatic nitrogens is 1. The van der Waals surface area contributed by atoms with E-state index in [4.69, 9.17) is 4.74 Å². The van der Waals surface area contributed by atoms with Gasteiger partial charge in [0.2, 0.25) is 10.0 Å². The maximum atomic E-state index is 14.2. The molecule has 1 fully saturated rings. The molecule has 0 N–H and O–H groups in total. The number of benzene rings is 1. The summed E-state index contributed by atoms with van der Waals surface area (Å²) in [7, 11) is -4.63. The van der Waals surface area contributed by atoms with Crippen molar-refractivity contribution in [2.24, 2.45) is 0 Å². The smallest absolute Gasteiger partial charge is 0.378 e. The number of hydrogen-bond acceptors (Lipinski definition) is 5. The number of alkyl halides is 3. The summed E-state index contributed by atoms with van der Waals surface area (Å²) in [6.07, 6.45) is -2.59. The van der Waals surface area contributed by atoms with E-state index in [2.05, 4.69) is 4.98 Å². The van der Waals surface area contributed by atoms with Gasteiger partial charge in [-0.1, -0.05) is 25.1 Å². The molecule has 164 valence electrons. The van der Waals surface area contributed by atoms with Gasteiger partial charge in [-0.3, -0.25) is 4.98 Å². The Morgan fingerprint density at radius 2 is 1.87 bits per heavy atom. The molecular formula is C19H21F4N3O3S. The standard InChI is InChI=1S/C19H21F4N3O3S/c1-2-26(18(19(21,22)23)16-5-3-4-6-17(16)20)30(27,28)15-11-14(12-24-13-15)25-7-9-29-10-8-25/h3-6,11-13,18H,2,7-10H2,1H3/t18-/m1/s1. The molecule has 3 rings (SSSR count). The van der Waals surface area contributed by atoms with Gasteiger partial charge in [0.05, 0.1) is 25.1 Å². The Labute approximate surface area is 172 Å². The molecule has 1 aromatic carbocycles. The predicted octanol–water partition coefficient (Wildman–Crippen LogP) is 3.37. The molecule has 2 heterocycles. The Balaban J connectivity index is 2.05. The van der Waals surface area contributed by atoms with Gasteiger partial charge < -0.3 is 9.64 Å². The van der Waals surface area contributed by atoms with Crippen LogP contribution in [0.15, 0.2) is 47.6 Å². The molecule has 1 aliphatic rings. The second kappa shape index (κ2) is 8.86. The van der Waals surface area contributed by atoms with Gasteiger partial charge in [-0.2, -0.15) is 17.5 Å². The van der Waals surface area contributed by atoms with Gasteiger partial charge in [0.1, 0.15) is 16.8 Å². The Bertz CT molecular complexity index is 979. The summed E-state index contributed by atoms with van der Waals surface area (Å²) in [6.45, 7) is 2.66. The number of halogens is 4. The number of anilines is 1. The summed E-state index contributed by atoms with van der Waals surface area (Å²) in [6, 6.07) is 2.90. The van der Waals surface area contributed by atoms with E-state index in [0.717, 1.165) is 18.3 Å². The summed E-state index contributed by atoms with van der Waals surface area (Å²) in [5.74, 6) is -1.13. The van der Waals surface area contributed by atoms with Gasteiger partial charge in [-0.15, -0.1) is 0 Å². The van der Waals surface area contributed by atoms with Crippen LogP contribution in [0.5, 0.6) is 0 Å². The molecule has 0 bridgehead atoms. The molecule has 0 radical (unpaired) electrons. The van der Waals surface area contributed by atoms with Gasteiger partial charge in [-0.05, 0) is 12.1 Å². The van der Waals surface area contributed by atoms with E-state index in [1.165, 1.54) is 31.3 Å². The third-order valence-electron chi connectivity index (χ3n) is 4.79. The van der Waals surface area contributed by atoms with Crippen LogP contribution in [0.4, 0.5) is 23.2 Å². The zero-order valence-electron chi connectivity index (χ0n) is 16.1. The highest BCUT2D eigenvalue weighted by molar-refractivity contribution is 7.89. The molecule has 1 saturated heterocycles. The van der Waals surface area contributed by atoms with Gasteiger partial charge in [-0.25, -0.2) is 12.8 Å². The lowest BCUT2D eigenvalue weighted by Crippen LogP contribution is -2.42. The van der Waals surface area contributed by atoms with E-state index in [9.17, 15) is 26.0 Å². The molecule has 0 unspecified atom stereocenters. The number of nitrogens with zero attached hydrogens (tertiary/aromatic N) is 3. The average Bonchev–Trinajstić information content (AvgIpc) is 2.72. The van der Waals surface area contributed by atoms with Gasteiger partial charge >= 0.3 is 6.18 Å². The fourth-order valence-corrected chi connectivity index (χ4v) is 4.95. The van der Waals surface area contributed by atoms with Crippen LogP contribution in [-0.2, 0) is 14.8 Å². The average molecular weight is 447 g/mol. The molecular weight excluding hydrogens is 426 g/mol. The van der Waals surface area contributed by atoms with Crippen molar-refractivity contribution in [2.45, 2.75) is 24.0 Å². The molecule has 1 atom stereocenters. The second-order valence-electron chi connectivity index (χ2n) is 6.65. The Hall–Kier alpha value is -2.24. The van der Waals surface area contributed by atoms with Crippen LogP contribution in [-0.4, -0.2) is 56.7 Å². The minimum atomic E-state index is -5.03. The quantitative estimate of drug-likeness (QED) is 0.636. The predicted molar refractivity (Wildman–Crippen MR) is 102 cm³/mol. The number of morpholine rings is 1. The summed E-state index contributed by atoms with van der Waals surface area (Å²) >= 11 is 0. The highest BCUT2D eigenvalue weighted by atomic mass is 32.2. The monoisotopic (exact) mass is 447 g/mol. The molecule has 0 saturated carbocycles. The molecule has 0 amide bonds. The zero-order valence-corrected chi connectivity index (χ0v) is 17.0. The van der Waals surface area contributed by atoms with Crippen LogP contribution in [0, 0.1) is 5.82 Å². The van der Waals surface area contributed by atoms with Gasteiger partial charge in [0.25, 0.3) is 0 Å². The van der Waals surface area contributed by atoms with Crippen molar-refractivity contribution in [3.63, 3.8) is 0 Å². The van der Waals surface area contributed by atoms with Crippen molar-refractivity contribution in [3.8, 4) is 0 Å². The minimum absolute atomic E-state index is 0.255. The Kier molecular flexibility index (Phi) is 6.63. The van der Waals surface area contributed by atoms with Crippen LogP contribution in [0.2, 0.25) is 0 Å². The van der Waals surface area contributed by atoms with Gasteiger partial charge in [0.15, 0.2) is 0 Å². The number of hydrogen-bond donors (Lipinski definition) is 0. The van der Waals surface area contributed by atoms with Crippen molar-refractivity contribution in [3.05, 3.63) is 54.1 Å². The molecule has 6 nitrogen and oxygen atoms in total. The highest BCUT2D eigenvalue weighted by Gasteiger charge is 2.49. The van der Waals surface area contributed by atoms with Crippen LogP contribution in [0.3, 0.4) is 0 Å². The molecule has 1 aliphatic heterocycles. The van der Waals surface area contributed by atoms with E-state index in [-0.39, 0.29) is 9.20 Å². The fourth-order valence-electron chi connectivity index (χ4n) is 3.36. The Morgan fingerprint density at radius 3 is 2.47 bits per heavy atom. The van der Waals surface area contributed by atoms with Crippen molar-refractivity contribution >= 4 is 15.7 Å². The van der Waals surface area contributed by atoms with Crippen LogP contribution < -0.4 is 4.90 Å². The number of sulfonamides is 1. The van der Waals surface area contributed by atoms with Crippen molar-refractivity contribution < 1.29 is 30.7 Å². The van der Waals surface area contributed by atoms with E-state index >= 15 is 0 Å². The lowest BCUT2D eigenvalue weighted by Gasteiger charge is -2.32. The number of ether oxygens (including phenoxy) is 1. The van der Waals surface area contributed by atoms with Crippen molar-refractivity contribution in [2.75, 3.05) is 37.7 Å².